The van der Waals surface area contributed by atoms with E-state index in [2.05, 4.69) is 0 Å². The van der Waals surface area contributed by atoms with Crippen LogP contribution in [0.4, 0.5) is 11.4 Å². The van der Waals surface area contributed by atoms with Crippen molar-refractivity contribution >= 4 is 34.9 Å². The predicted molar refractivity (Wildman–Crippen MR) is 129 cm³/mol. The zero-order valence-corrected chi connectivity index (χ0v) is 18.6. The van der Waals surface area contributed by atoms with Crippen molar-refractivity contribution < 1.29 is 9.85 Å². The van der Waals surface area contributed by atoms with Crippen molar-refractivity contribution in [3.63, 3.8) is 0 Å². The monoisotopic (exact) mass is 470 g/mol. The van der Waals surface area contributed by atoms with E-state index in [1.54, 1.807) is 36.4 Å². The zero-order chi connectivity index (χ0) is 23.1. The van der Waals surface area contributed by atoms with Crippen LogP contribution in [-0.4, -0.2) is 22.9 Å². The van der Waals surface area contributed by atoms with Gasteiger partial charge in [0.2, 0.25) is 13.1 Å². The van der Waals surface area contributed by atoms with Crippen molar-refractivity contribution in [3.05, 3.63) is 104 Å². The first kappa shape index (κ1) is 23.4. The first-order valence-electron chi connectivity index (χ1n) is 9.69. The number of nitro groups is 2. The number of hydrogen-bond acceptors (Lipinski definition) is 8. The standard InChI is InChI=1S/C22H22N4O4S2/c23-17-5-1-3-7-19(17)31-21(13-25(27)28)15-9-11-16(12-10-15)22(14-26(29)30)32-20-8-4-2-6-18(20)24/h1-12,21-22H,13-14,23-24H2. The van der Waals surface area contributed by atoms with Gasteiger partial charge in [0, 0.05) is 31.0 Å². The van der Waals surface area contributed by atoms with Gasteiger partial charge in [-0.25, -0.2) is 0 Å². The Kier molecular flexibility index (Phi) is 7.96. The highest BCUT2D eigenvalue weighted by Gasteiger charge is 2.23. The highest BCUT2D eigenvalue weighted by atomic mass is 32.2. The molecule has 32 heavy (non-hydrogen) atoms. The maximum atomic E-state index is 11.3. The number of hydrogen-bond donors (Lipinski definition) is 2. The molecule has 0 radical (unpaired) electrons. The third-order valence-corrected chi connectivity index (χ3v) is 7.35. The summed E-state index contributed by atoms with van der Waals surface area (Å²) in [6, 6.07) is 21.6. The molecule has 0 aromatic heterocycles. The molecule has 3 rings (SSSR count). The Morgan fingerprint density at radius 3 is 1.31 bits per heavy atom. The van der Waals surface area contributed by atoms with Gasteiger partial charge in [-0.05, 0) is 35.4 Å². The summed E-state index contributed by atoms with van der Waals surface area (Å²) in [7, 11) is 0. The van der Waals surface area contributed by atoms with Crippen molar-refractivity contribution in [2.75, 3.05) is 24.6 Å². The molecule has 2 atom stereocenters. The zero-order valence-electron chi connectivity index (χ0n) is 17.0. The summed E-state index contributed by atoms with van der Waals surface area (Å²) in [5, 5.41) is 21.6. The summed E-state index contributed by atoms with van der Waals surface area (Å²) in [6.45, 7) is -0.544. The Morgan fingerprint density at radius 2 is 1.00 bits per heavy atom. The Hall–Kier alpha value is -3.24. The van der Waals surface area contributed by atoms with E-state index in [1.165, 1.54) is 23.5 Å². The molecule has 3 aromatic carbocycles. The minimum absolute atomic E-state index is 0.272. The third kappa shape index (κ3) is 6.38. The lowest BCUT2D eigenvalue weighted by Gasteiger charge is -2.17. The van der Waals surface area contributed by atoms with E-state index in [0.717, 1.165) is 20.9 Å². The predicted octanol–water partition coefficient (Wildman–Crippen LogP) is 5.07. The topological polar surface area (TPSA) is 138 Å². The average molecular weight is 471 g/mol. The van der Waals surface area contributed by atoms with Crippen molar-refractivity contribution in [2.24, 2.45) is 0 Å². The molecular weight excluding hydrogens is 448 g/mol. The number of nitrogens with zero attached hydrogens (tertiary/aromatic N) is 2. The molecule has 8 nitrogen and oxygen atoms in total. The van der Waals surface area contributed by atoms with Gasteiger partial charge in [-0.1, -0.05) is 48.5 Å². The largest absolute Gasteiger partial charge is 0.398 e. The van der Waals surface area contributed by atoms with Crippen LogP contribution < -0.4 is 11.5 Å². The summed E-state index contributed by atoms with van der Waals surface area (Å²) in [5.41, 5.74) is 14.6. The number of rotatable bonds is 10. The molecule has 0 amide bonds. The number of thioether (sulfide) groups is 2. The molecular formula is C22H22N4O4S2. The van der Waals surface area contributed by atoms with Crippen molar-refractivity contribution in [1.82, 2.24) is 0 Å². The van der Waals surface area contributed by atoms with Crippen LogP contribution in [0.3, 0.4) is 0 Å². The molecule has 0 bridgehead atoms. The minimum atomic E-state index is -0.449. The van der Waals surface area contributed by atoms with Gasteiger partial charge in [0.05, 0.1) is 10.5 Å². The van der Waals surface area contributed by atoms with Gasteiger partial charge in [-0.2, -0.15) is 0 Å². The molecule has 0 spiro atoms. The minimum Gasteiger partial charge on any atom is -0.398 e. The van der Waals surface area contributed by atoms with Crippen LogP contribution in [0.15, 0.2) is 82.6 Å². The normalized spacial score (nSPS) is 12.8. The SMILES string of the molecule is Nc1ccccc1SC(C[N+](=O)[O-])c1ccc(C(C[N+](=O)[O-])Sc2ccccc2N)cc1. The summed E-state index contributed by atoms with van der Waals surface area (Å²) >= 11 is 2.66. The number of anilines is 2. The van der Waals surface area contributed by atoms with Gasteiger partial charge in [0.1, 0.15) is 0 Å². The third-order valence-electron chi connectivity index (χ3n) is 4.69. The molecule has 10 heteroatoms. The Labute approximate surface area is 193 Å². The number of benzene rings is 3. The number of nitrogen functional groups attached to an aromatic ring is 2. The highest BCUT2D eigenvalue weighted by Crippen LogP contribution is 2.41. The van der Waals surface area contributed by atoms with Crippen LogP contribution in [0, 0.1) is 20.2 Å². The fourth-order valence-electron chi connectivity index (χ4n) is 3.10. The lowest BCUT2D eigenvalue weighted by Crippen LogP contribution is -2.12. The molecule has 0 saturated heterocycles. The summed E-state index contributed by atoms with van der Waals surface area (Å²) in [4.78, 5) is 23.4. The quantitative estimate of drug-likeness (QED) is 0.181. The summed E-state index contributed by atoms with van der Waals surface area (Å²) in [6.07, 6.45) is 0. The van der Waals surface area contributed by atoms with E-state index in [4.69, 9.17) is 11.5 Å². The van der Waals surface area contributed by atoms with Crippen molar-refractivity contribution in [2.45, 2.75) is 20.3 Å². The second-order valence-corrected chi connectivity index (χ2v) is 9.48. The van der Waals surface area contributed by atoms with E-state index >= 15 is 0 Å². The molecule has 3 aromatic rings. The molecule has 0 aliphatic heterocycles. The van der Waals surface area contributed by atoms with Gasteiger partial charge < -0.3 is 11.5 Å². The molecule has 2 unspecified atom stereocenters. The van der Waals surface area contributed by atoms with Crippen LogP contribution in [0.5, 0.6) is 0 Å². The van der Waals surface area contributed by atoms with E-state index in [1.807, 2.05) is 36.4 Å². The Bertz CT molecular complexity index is 1010. The molecule has 0 aliphatic carbocycles. The van der Waals surface area contributed by atoms with Gasteiger partial charge in [0.15, 0.2) is 0 Å². The Morgan fingerprint density at radius 1 is 0.656 bits per heavy atom. The number of para-hydroxylation sites is 2. The van der Waals surface area contributed by atoms with Gasteiger partial charge in [-0.3, -0.25) is 20.2 Å². The Balaban J connectivity index is 1.85. The van der Waals surface area contributed by atoms with Crippen LogP contribution in [-0.2, 0) is 0 Å². The van der Waals surface area contributed by atoms with Crippen LogP contribution in [0.1, 0.15) is 21.6 Å². The van der Waals surface area contributed by atoms with Crippen molar-refractivity contribution in [1.29, 1.82) is 0 Å². The molecule has 0 fully saturated rings. The second-order valence-electron chi connectivity index (χ2n) is 6.99. The van der Waals surface area contributed by atoms with E-state index in [0.29, 0.717) is 11.4 Å². The van der Waals surface area contributed by atoms with Gasteiger partial charge in [0.25, 0.3) is 0 Å². The van der Waals surface area contributed by atoms with Crippen LogP contribution in [0.25, 0.3) is 0 Å². The molecule has 4 N–H and O–H groups in total. The lowest BCUT2D eigenvalue weighted by molar-refractivity contribution is -0.479. The summed E-state index contributed by atoms with van der Waals surface area (Å²) < 4.78 is 0. The molecule has 0 aliphatic rings. The summed E-state index contributed by atoms with van der Waals surface area (Å²) in [5.74, 6) is 0. The maximum absolute atomic E-state index is 11.3. The fourth-order valence-corrected chi connectivity index (χ4v) is 5.41. The molecule has 0 heterocycles. The number of nitrogens with two attached hydrogens (primary N) is 2. The maximum Gasteiger partial charge on any atom is 0.220 e. The highest BCUT2D eigenvalue weighted by molar-refractivity contribution is 8.00. The average Bonchev–Trinajstić information content (AvgIpc) is 2.75. The van der Waals surface area contributed by atoms with Gasteiger partial charge >= 0.3 is 0 Å². The van der Waals surface area contributed by atoms with Crippen molar-refractivity contribution in [3.8, 4) is 0 Å². The van der Waals surface area contributed by atoms with Crippen LogP contribution >= 0.6 is 23.5 Å². The van der Waals surface area contributed by atoms with E-state index in [-0.39, 0.29) is 22.9 Å². The second kappa shape index (κ2) is 10.9. The molecule has 166 valence electrons. The lowest BCUT2D eigenvalue weighted by atomic mass is 10.1. The van der Waals surface area contributed by atoms with Crippen LogP contribution in [0.2, 0.25) is 0 Å². The smallest absolute Gasteiger partial charge is 0.220 e. The van der Waals surface area contributed by atoms with E-state index in [9.17, 15) is 20.2 Å². The molecule has 0 saturated carbocycles. The fraction of sp³-hybridized carbons (Fsp3) is 0.182. The first-order chi connectivity index (χ1) is 15.3. The van der Waals surface area contributed by atoms with E-state index < -0.39 is 10.5 Å². The van der Waals surface area contributed by atoms with Gasteiger partial charge in [-0.15, -0.1) is 23.5 Å². The first-order valence-corrected chi connectivity index (χ1v) is 11.4.